The Morgan fingerprint density at radius 2 is 0.560 bits per heavy atom. The van der Waals surface area contributed by atoms with E-state index in [-0.39, 0.29) is 25.7 Å². The van der Waals surface area contributed by atoms with E-state index in [4.69, 9.17) is 37.0 Å². The zero-order valence-electron chi connectivity index (χ0n) is 62.6. The fourth-order valence-corrected chi connectivity index (χ4v) is 11.6. The third-order valence-corrected chi connectivity index (χ3v) is 17.8. The van der Waals surface area contributed by atoms with Crippen LogP contribution in [-0.4, -0.2) is 96.7 Å². The summed E-state index contributed by atoms with van der Waals surface area (Å²) in [5.74, 6) is -2.35. The van der Waals surface area contributed by atoms with E-state index >= 15 is 0 Å². The molecule has 574 valence electrons. The van der Waals surface area contributed by atoms with Crippen LogP contribution >= 0.6 is 15.6 Å². The Morgan fingerprint density at radius 1 is 0.300 bits per heavy atom. The Bertz CT molecular complexity index is 2370. The molecule has 17 nitrogen and oxygen atoms in total. The van der Waals surface area contributed by atoms with Crippen LogP contribution in [0.4, 0.5) is 0 Å². The zero-order valence-corrected chi connectivity index (χ0v) is 64.4. The van der Waals surface area contributed by atoms with Gasteiger partial charge in [0.05, 0.1) is 32.8 Å². The molecule has 0 bridgehead atoms. The van der Waals surface area contributed by atoms with Crippen molar-refractivity contribution in [2.24, 2.45) is 0 Å². The number of unbranched alkanes of at least 4 members (excludes halogenated alkanes) is 27. The summed E-state index contributed by atoms with van der Waals surface area (Å²) in [6.45, 7) is 4.56. The summed E-state index contributed by atoms with van der Waals surface area (Å²) >= 11 is 0. The standard InChI is InChI=1S/C81H138O17P2/c1-5-9-13-17-21-25-29-33-35-36-37-38-40-44-46-50-54-58-62-66-79(84)92-72-77(98-81(86)68-64-60-56-52-48-42-32-28-24-20-16-12-8-4)74-96-100(89,90)94-70-75(82)69-93-99(87,88)95-73-76(97-80(85)67-63-59-55-51-47-41-31-27-23-19-15-11-7-3)71-91-78(83)65-61-57-53-49-45-43-39-34-30-26-22-18-14-10-6-2/h10,14,21-22,25-28,31-35,37-39,45,49,57,61,75-77,82H,5-9,11-13,15-20,23-24,29-30,36,40-44,46-48,50-56,58-60,62-74H2,1-4H3,(H,87,88)(H,89,90)/b14-10-,25-21-,26-22-,31-27-,32-28-,35-33-,38-37-,39-34-,49-45-,61-57-. The molecule has 19 heteroatoms. The summed E-state index contributed by atoms with van der Waals surface area (Å²) in [7, 11) is -9.98. The number of ether oxygens (including phenoxy) is 4. The van der Waals surface area contributed by atoms with Crippen molar-refractivity contribution in [2.45, 2.75) is 329 Å². The first-order valence-electron chi connectivity index (χ1n) is 38.8. The minimum atomic E-state index is -5.00. The second kappa shape index (κ2) is 72.8. The molecule has 0 radical (unpaired) electrons. The number of esters is 4. The molecule has 0 aliphatic carbocycles. The summed E-state index contributed by atoms with van der Waals surface area (Å²) in [6, 6.07) is 0. The lowest BCUT2D eigenvalue weighted by Gasteiger charge is -2.21. The minimum absolute atomic E-state index is 0.0635. The SMILES string of the molecule is CC/C=C\C/C=C\C/C=C\C/C=C\C/C=C\CC(=O)OCC(COP(=O)(O)OCC(O)COP(=O)(O)OCC(COC(=O)CCCCCCCC/C=C\C/C=C\C/C=C\CCCCC)OC(=O)CCCCCCC/C=C\CCCCCC)OC(=O)CCCCCCC/C=C\CCCCCC. The molecule has 0 aromatic heterocycles. The summed E-state index contributed by atoms with van der Waals surface area (Å²) in [4.78, 5) is 72.8. The van der Waals surface area contributed by atoms with E-state index in [1.54, 1.807) is 6.08 Å². The first-order chi connectivity index (χ1) is 48.7. The fraction of sp³-hybridized carbons (Fsp3) is 0.704. The Hall–Kier alpha value is -4.54. The van der Waals surface area contributed by atoms with E-state index in [9.17, 15) is 43.2 Å². The number of aliphatic hydroxyl groups is 1. The average molecular weight is 1450 g/mol. The molecule has 5 atom stereocenters. The monoisotopic (exact) mass is 1440 g/mol. The summed E-state index contributed by atoms with van der Waals surface area (Å²) in [5.41, 5.74) is 0. The molecule has 0 saturated carbocycles. The van der Waals surface area contributed by atoms with Crippen molar-refractivity contribution in [1.82, 2.24) is 0 Å². The maximum Gasteiger partial charge on any atom is 0.472 e. The Kier molecular flexibility index (Phi) is 69.5. The lowest BCUT2D eigenvalue weighted by atomic mass is 10.1. The van der Waals surface area contributed by atoms with Crippen LogP contribution < -0.4 is 0 Å². The maximum absolute atomic E-state index is 13.1. The molecule has 0 aromatic rings. The van der Waals surface area contributed by atoms with Crippen molar-refractivity contribution in [3.63, 3.8) is 0 Å². The van der Waals surface area contributed by atoms with Crippen LogP contribution in [0.15, 0.2) is 122 Å². The van der Waals surface area contributed by atoms with Gasteiger partial charge in [0, 0.05) is 19.3 Å². The highest BCUT2D eigenvalue weighted by Gasteiger charge is 2.30. The number of aliphatic hydroxyl groups excluding tert-OH is 1. The van der Waals surface area contributed by atoms with Crippen LogP contribution in [-0.2, 0) is 65.4 Å². The van der Waals surface area contributed by atoms with Gasteiger partial charge in [-0.25, -0.2) is 9.13 Å². The Morgan fingerprint density at radius 3 is 0.920 bits per heavy atom. The molecule has 0 aromatic carbocycles. The number of phosphoric acid groups is 2. The first-order valence-corrected chi connectivity index (χ1v) is 41.8. The zero-order chi connectivity index (χ0) is 73.2. The van der Waals surface area contributed by atoms with Gasteiger partial charge in [-0.3, -0.25) is 37.3 Å². The Labute approximate surface area is 606 Å². The smallest absolute Gasteiger partial charge is 0.462 e. The van der Waals surface area contributed by atoms with E-state index in [1.807, 2.05) is 18.2 Å². The lowest BCUT2D eigenvalue weighted by molar-refractivity contribution is -0.161. The van der Waals surface area contributed by atoms with Crippen LogP contribution in [0.25, 0.3) is 0 Å². The molecular weight excluding hydrogens is 1310 g/mol. The second-order valence-corrected chi connectivity index (χ2v) is 28.5. The molecular formula is C81H138O17P2. The van der Waals surface area contributed by atoms with Crippen molar-refractivity contribution in [3.05, 3.63) is 122 Å². The van der Waals surface area contributed by atoms with Gasteiger partial charge < -0.3 is 33.8 Å². The quantitative estimate of drug-likeness (QED) is 0.0169. The molecule has 100 heavy (non-hydrogen) atoms. The first kappa shape index (κ1) is 95.5. The van der Waals surface area contributed by atoms with Gasteiger partial charge in [-0.15, -0.1) is 0 Å². The molecule has 0 heterocycles. The molecule has 0 fully saturated rings. The van der Waals surface area contributed by atoms with Crippen LogP contribution in [0.1, 0.15) is 310 Å². The van der Waals surface area contributed by atoms with Crippen molar-refractivity contribution < 1.29 is 80.2 Å². The largest absolute Gasteiger partial charge is 0.472 e. The van der Waals surface area contributed by atoms with Crippen LogP contribution in [0.2, 0.25) is 0 Å². The van der Waals surface area contributed by atoms with Gasteiger partial charge in [-0.05, 0) is 141 Å². The molecule has 0 amide bonds. The minimum Gasteiger partial charge on any atom is -0.462 e. The molecule has 0 spiro atoms. The van der Waals surface area contributed by atoms with Crippen molar-refractivity contribution >= 4 is 39.5 Å². The third kappa shape index (κ3) is 71.8. The average Bonchev–Trinajstić information content (AvgIpc) is 0.936. The highest BCUT2D eigenvalue weighted by molar-refractivity contribution is 7.47. The van der Waals surface area contributed by atoms with Gasteiger partial charge in [-0.2, -0.15) is 0 Å². The van der Waals surface area contributed by atoms with Gasteiger partial charge in [0.2, 0.25) is 0 Å². The van der Waals surface area contributed by atoms with Crippen molar-refractivity contribution in [3.8, 4) is 0 Å². The van der Waals surface area contributed by atoms with E-state index in [0.29, 0.717) is 25.7 Å². The molecule has 3 N–H and O–H groups in total. The fourth-order valence-electron chi connectivity index (χ4n) is 9.99. The van der Waals surface area contributed by atoms with E-state index in [1.165, 1.54) is 70.6 Å². The second-order valence-electron chi connectivity index (χ2n) is 25.6. The number of phosphoric ester groups is 2. The highest BCUT2D eigenvalue weighted by Crippen LogP contribution is 2.45. The van der Waals surface area contributed by atoms with Gasteiger partial charge in [0.25, 0.3) is 0 Å². The normalized spacial score (nSPS) is 14.6. The van der Waals surface area contributed by atoms with Gasteiger partial charge >= 0.3 is 39.5 Å². The molecule has 0 aliphatic heterocycles. The number of carbonyl (C=O) groups is 4. The summed E-state index contributed by atoms with van der Waals surface area (Å²) < 4.78 is 68.3. The van der Waals surface area contributed by atoms with Gasteiger partial charge in [-0.1, -0.05) is 265 Å². The maximum atomic E-state index is 13.1. The van der Waals surface area contributed by atoms with Crippen LogP contribution in [0.5, 0.6) is 0 Å². The van der Waals surface area contributed by atoms with Crippen LogP contribution in [0, 0.1) is 0 Å². The van der Waals surface area contributed by atoms with Crippen molar-refractivity contribution in [1.29, 1.82) is 0 Å². The number of carbonyl (C=O) groups excluding carboxylic acids is 4. The van der Waals surface area contributed by atoms with E-state index in [0.717, 1.165) is 161 Å². The number of rotatable bonds is 72. The number of hydrogen-bond donors (Lipinski definition) is 3. The molecule has 5 unspecified atom stereocenters. The van der Waals surface area contributed by atoms with Gasteiger partial charge in [0.15, 0.2) is 12.2 Å². The predicted octanol–water partition coefficient (Wildman–Crippen LogP) is 22.3. The summed E-state index contributed by atoms with van der Waals surface area (Å²) in [6.07, 6.45) is 79.3. The lowest BCUT2D eigenvalue weighted by Crippen LogP contribution is -2.30. The molecule has 0 saturated heterocycles. The predicted molar refractivity (Wildman–Crippen MR) is 408 cm³/mol. The summed E-state index contributed by atoms with van der Waals surface area (Å²) in [5, 5.41) is 10.6. The highest BCUT2D eigenvalue weighted by atomic mass is 31.2. The third-order valence-electron chi connectivity index (χ3n) is 15.9. The number of hydrogen-bond acceptors (Lipinski definition) is 15. The van der Waals surface area contributed by atoms with Crippen LogP contribution in [0.3, 0.4) is 0 Å². The topological polar surface area (TPSA) is 237 Å². The number of allylic oxidation sites excluding steroid dienone is 19. The molecule has 0 aliphatic rings. The van der Waals surface area contributed by atoms with Crippen molar-refractivity contribution in [2.75, 3.05) is 39.6 Å². The Balaban J connectivity index is 5.40. The molecule has 0 rings (SSSR count). The van der Waals surface area contributed by atoms with E-state index in [2.05, 4.69) is 125 Å². The van der Waals surface area contributed by atoms with Gasteiger partial charge in [0.1, 0.15) is 19.3 Å². The van der Waals surface area contributed by atoms with E-state index < -0.39 is 97.5 Å².